The standard InChI is InChI=1S/C15H14N4O/c1-20-15-13(3-2-8-17-15)19-14-11(9-16)6-7-12(18-14)10-4-5-10/h2-3,6-8,10H,4-5H2,1H3,(H,18,19). The molecule has 0 radical (unpaired) electrons. The highest BCUT2D eigenvalue weighted by atomic mass is 16.5. The maximum Gasteiger partial charge on any atom is 0.237 e. The van der Waals surface area contributed by atoms with Gasteiger partial charge in [0.25, 0.3) is 0 Å². The monoisotopic (exact) mass is 266 g/mol. The van der Waals surface area contributed by atoms with Crippen molar-refractivity contribution >= 4 is 11.5 Å². The lowest BCUT2D eigenvalue weighted by atomic mass is 10.2. The Labute approximate surface area is 117 Å². The summed E-state index contributed by atoms with van der Waals surface area (Å²) < 4.78 is 5.20. The number of anilines is 2. The molecule has 1 fully saturated rings. The van der Waals surface area contributed by atoms with E-state index in [1.807, 2.05) is 24.3 Å². The van der Waals surface area contributed by atoms with Crippen LogP contribution in [0.2, 0.25) is 0 Å². The zero-order valence-electron chi connectivity index (χ0n) is 11.1. The van der Waals surface area contributed by atoms with Crippen molar-refractivity contribution in [3.05, 3.63) is 41.7 Å². The SMILES string of the molecule is COc1ncccc1Nc1nc(C2CC2)ccc1C#N. The largest absolute Gasteiger partial charge is 0.480 e. The highest BCUT2D eigenvalue weighted by Crippen LogP contribution is 2.40. The Morgan fingerprint density at radius 3 is 2.90 bits per heavy atom. The smallest absolute Gasteiger partial charge is 0.237 e. The summed E-state index contributed by atoms with van der Waals surface area (Å²) in [7, 11) is 1.56. The Bertz CT molecular complexity index is 674. The van der Waals surface area contributed by atoms with Crippen LogP contribution in [-0.2, 0) is 0 Å². The number of hydrogen-bond acceptors (Lipinski definition) is 5. The molecule has 0 atom stereocenters. The molecule has 1 aliphatic rings. The van der Waals surface area contributed by atoms with Gasteiger partial charge in [0.05, 0.1) is 12.7 Å². The van der Waals surface area contributed by atoms with Crippen LogP contribution in [-0.4, -0.2) is 17.1 Å². The fourth-order valence-corrected chi connectivity index (χ4v) is 2.04. The third-order valence-electron chi connectivity index (χ3n) is 3.25. The van der Waals surface area contributed by atoms with E-state index < -0.39 is 0 Å². The number of ether oxygens (including phenoxy) is 1. The van der Waals surface area contributed by atoms with Crippen molar-refractivity contribution in [3.63, 3.8) is 0 Å². The molecule has 2 aromatic heterocycles. The summed E-state index contributed by atoms with van der Waals surface area (Å²) in [6.07, 6.45) is 4.01. The summed E-state index contributed by atoms with van der Waals surface area (Å²) in [6.45, 7) is 0. The molecule has 3 rings (SSSR count). The van der Waals surface area contributed by atoms with Crippen LogP contribution in [0.3, 0.4) is 0 Å². The normalized spacial score (nSPS) is 13.6. The Hall–Kier alpha value is -2.61. The molecule has 100 valence electrons. The molecule has 0 saturated heterocycles. The summed E-state index contributed by atoms with van der Waals surface area (Å²) >= 11 is 0. The Balaban J connectivity index is 1.96. The molecular formula is C15H14N4O. The average molecular weight is 266 g/mol. The van der Waals surface area contributed by atoms with Crippen LogP contribution in [0.15, 0.2) is 30.5 Å². The number of nitriles is 1. The van der Waals surface area contributed by atoms with Crippen LogP contribution < -0.4 is 10.1 Å². The first kappa shape index (κ1) is 12.4. The molecule has 1 saturated carbocycles. The predicted molar refractivity (Wildman–Crippen MR) is 75.0 cm³/mol. The molecule has 2 heterocycles. The van der Waals surface area contributed by atoms with E-state index >= 15 is 0 Å². The van der Waals surface area contributed by atoms with Crippen LogP contribution in [0.25, 0.3) is 0 Å². The van der Waals surface area contributed by atoms with Crippen molar-refractivity contribution in [3.8, 4) is 11.9 Å². The van der Waals surface area contributed by atoms with E-state index in [1.54, 1.807) is 13.3 Å². The molecule has 0 aromatic carbocycles. The lowest BCUT2D eigenvalue weighted by Crippen LogP contribution is -2.02. The second-order valence-corrected chi connectivity index (χ2v) is 4.70. The highest BCUT2D eigenvalue weighted by Gasteiger charge is 2.25. The van der Waals surface area contributed by atoms with Crippen LogP contribution in [0, 0.1) is 11.3 Å². The molecule has 0 unspecified atom stereocenters. The van der Waals surface area contributed by atoms with Crippen molar-refractivity contribution in [1.29, 1.82) is 5.26 Å². The lowest BCUT2D eigenvalue weighted by molar-refractivity contribution is 0.400. The van der Waals surface area contributed by atoms with Crippen molar-refractivity contribution in [1.82, 2.24) is 9.97 Å². The number of rotatable bonds is 4. The Morgan fingerprint density at radius 2 is 2.20 bits per heavy atom. The van der Waals surface area contributed by atoms with Gasteiger partial charge in [0.1, 0.15) is 17.6 Å². The molecular weight excluding hydrogens is 252 g/mol. The fraction of sp³-hybridized carbons (Fsp3) is 0.267. The van der Waals surface area contributed by atoms with E-state index in [0.29, 0.717) is 28.9 Å². The quantitative estimate of drug-likeness (QED) is 0.921. The maximum atomic E-state index is 9.19. The number of aromatic nitrogens is 2. The van der Waals surface area contributed by atoms with Gasteiger partial charge in [-0.25, -0.2) is 9.97 Å². The molecule has 5 heteroatoms. The minimum atomic E-state index is 0.481. The minimum Gasteiger partial charge on any atom is -0.480 e. The van der Waals surface area contributed by atoms with Crippen molar-refractivity contribution < 1.29 is 4.74 Å². The first-order valence-electron chi connectivity index (χ1n) is 6.49. The molecule has 0 aliphatic heterocycles. The van der Waals surface area contributed by atoms with E-state index in [-0.39, 0.29) is 0 Å². The lowest BCUT2D eigenvalue weighted by Gasteiger charge is -2.11. The zero-order valence-corrected chi connectivity index (χ0v) is 11.1. The molecule has 0 bridgehead atoms. The van der Waals surface area contributed by atoms with Gasteiger partial charge in [-0.3, -0.25) is 0 Å². The first-order chi connectivity index (χ1) is 9.81. The summed E-state index contributed by atoms with van der Waals surface area (Å²) in [4.78, 5) is 8.68. The van der Waals surface area contributed by atoms with Gasteiger partial charge in [0.15, 0.2) is 0 Å². The number of methoxy groups -OCH3 is 1. The second kappa shape index (κ2) is 5.17. The minimum absolute atomic E-state index is 0.481. The third-order valence-corrected chi connectivity index (χ3v) is 3.25. The van der Waals surface area contributed by atoms with Gasteiger partial charge in [-0.2, -0.15) is 5.26 Å². The predicted octanol–water partition coefficient (Wildman–Crippen LogP) is 2.98. The van der Waals surface area contributed by atoms with Gasteiger partial charge in [-0.15, -0.1) is 0 Å². The zero-order chi connectivity index (χ0) is 13.9. The van der Waals surface area contributed by atoms with Gasteiger partial charge < -0.3 is 10.1 Å². The number of nitrogens with zero attached hydrogens (tertiary/aromatic N) is 3. The number of pyridine rings is 2. The summed E-state index contributed by atoms with van der Waals surface area (Å²) in [5.74, 6) is 1.58. The topological polar surface area (TPSA) is 70.8 Å². The fourth-order valence-electron chi connectivity index (χ4n) is 2.04. The van der Waals surface area contributed by atoms with Crippen molar-refractivity contribution in [2.45, 2.75) is 18.8 Å². The van der Waals surface area contributed by atoms with Crippen LogP contribution in [0.1, 0.15) is 30.0 Å². The Kier molecular flexibility index (Phi) is 3.21. The summed E-state index contributed by atoms with van der Waals surface area (Å²) in [5.41, 5.74) is 2.25. The van der Waals surface area contributed by atoms with Gasteiger partial charge in [-0.05, 0) is 37.1 Å². The second-order valence-electron chi connectivity index (χ2n) is 4.70. The highest BCUT2D eigenvalue weighted by molar-refractivity contribution is 5.66. The van der Waals surface area contributed by atoms with Gasteiger partial charge in [-0.1, -0.05) is 0 Å². The molecule has 1 aliphatic carbocycles. The maximum absolute atomic E-state index is 9.19. The van der Waals surface area contributed by atoms with Gasteiger partial charge in [0.2, 0.25) is 5.88 Å². The molecule has 2 aromatic rings. The van der Waals surface area contributed by atoms with Crippen LogP contribution in [0.4, 0.5) is 11.5 Å². The molecule has 20 heavy (non-hydrogen) atoms. The van der Waals surface area contributed by atoms with Gasteiger partial charge >= 0.3 is 0 Å². The first-order valence-corrected chi connectivity index (χ1v) is 6.49. The average Bonchev–Trinajstić information content (AvgIpc) is 3.32. The van der Waals surface area contributed by atoms with E-state index in [4.69, 9.17) is 4.74 Å². The van der Waals surface area contributed by atoms with E-state index in [9.17, 15) is 5.26 Å². The summed E-state index contributed by atoms with van der Waals surface area (Å²) in [6, 6.07) is 9.55. The van der Waals surface area contributed by atoms with Gasteiger partial charge in [0, 0.05) is 17.8 Å². The van der Waals surface area contributed by atoms with E-state index in [1.165, 1.54) is 12.8 Å². The van der Waals surface area contributed by atoms with E-state index in [2.05, 4.69) is 21.4 Å². The molecule has 1 N–H and O–H groups in total. The molecule has 5 nitrogen and oxygen atoms in total. The summed E-state index contributed by atoms with van der Waals surface area (Å²) in [5, 5.41) is 12.3. The van der Waals surface area contributed by atoms with Crippen LogP contribution >= 0.6 is 0 Å². The molecule has 0 amide bonds. The van der Waals surface area contributed by atoms with Crippen molar-refractivity contribution in [2.75, 3.05) is 12.4 Å². The molecule has 0 spiro atoms. The van der Waals surface area contributed by atoms with Crippen LogP contribution in [0.5, 0.6) is 5.88 Å². The van der Waals surface area contributed by atoms with Crippen molar-refractivity contribution in [2.24, 2.45) is 0 Å². The van der Waals surface area contributed by atoms with E-state index in [0.717, 1.165) is 5.69 Å². The number of nitrogens with one attached hydrogen (secondary N) is 1. The Morgan fingerprint density at radius 1 is 1.35 bits per heavy atom. The number of hydrogen-bond donors (Lipinski definition) is 1. The third kappa shape index (κ3) is 2.41.